The van der Waals surface area contributed by atoms with Gasteiger partial charge in [-0.3, -0.25) is 14.9 Å². The molecule has 1 amide bonds. The average Bonchev–Trinajstić information content (AvgIpc) is 3.12. The first kappa shape index (κ1) is 24.3. The van der Waals surface area contributed by atoms with Gasteiger partial charge in [0, 0.05) is 30.1 Å². The molecule has 0 aliphatic heterocycles. The number of rotatable bonds is 9. The first-order valence-corrected chi connectivity index (χ1v) is 10.8. The summed E-state index contributed by atoms with van der Waals surface area (Å²) in [5, 5.41) is 23.7. The van der Waals surface area contributed by atoms with Crippen molar-refractivity contribution >= 4 is 17.7 Å². The van der Waals surface area contributed by atoms with Gasteiger partial charge in [-0.25, -0.2) is 0 Å². The van der Waals surface area contributed by atoms with Crippen LogP contribution in [-0.2, 0) is 11.2 Å². The fourth-order valence-electron chi connectivity index (χ4n) is 3.81. The summed E-state index contributed by atoms with van der Waals surface area (Å²) >= 11 is 0. The third kappa shape index (κ3) is 5.51. The molecule has 1 aromatic heterocycles. The van der Waals surface area contributed by atoms with E-state index in [-0.39, 0.29) is 11.3 Å². The van der Waals surface area contributed by atoms with Gasteiger partial charge >= 0.3 is 0 Å². The van der Waals surface area contributed by atoms with Crippen LogP contribution in [0.5, 0.6) is 5.75 Å². The Balaban J connectivity index is 1.81. The minimum atomic E-state index is -0.464. The van der Waals surface area contributed by atoms with E-state index in [4.69, 9.17) is 4.74 Å². The second-order valence-electron chi connectivity index (χ2n) is 7.79. The largest absolute Gasteiger partial charge is 0.495 e. The number of nitro benzene ring substituents is 1. The number of hydrogen-bond acceptors (Lipinski definition) is 5. The first-order chi connectivity index (χ1) is 16.3. The Bertz CT molecular complexity index is 1270. The lowest BCUT2D eigenvalue weighted by molar-refractivity contribution is -0.384. The monoisotopic (exact) mass is 458 g/mol. The van der Waals surface area contributed by atoms with Gasteiger partial charge in [0.2, 0.25) is 0 Å². The summed E-state index contributed by atoms with van der Waals surface area (Å²) in [6.45, 7) is 4.12. The number of aryl methyl sites for hydroxylation is 2. The lowest BCUT2D eigenvalue weighted by Gasteiger charge is -2.14. The third-order valence-corrected chi connectivity index (χ3v) is 5.52. The second kappa shape index (κ2) is 11.0. The normalized spacial score (nSPS) is 11.1. The zero-order valence-electron chi connectivity index (χ0n) is 19.4. The van der Waals surface area contributed by atoms with Crippen LogP contribution in [0, 0.1) is 35.3 Å². The van der Waals surface area contributed by atoms with Gasteiger partial charge in [-0.05, 0) is 56.0 Å². The van der Waals surface area contributed by atoms with E-state index in [0.29, 0.717) is 23.5 Å². The molecule has 0 saturated heterocycles. The quantitative estimate of drug-likeness (QED) is 0.165. The Kier molecular flexibility index (Phi) is 7.83. The van der Waals surface area contributed by atoms with E-state index in [0.717, 1.165) is 24.2 Å². The molecular formula is C26H26N4O4. The van der Waals surface area contributed by atoms with Gasteiger partial charge in [0.25, 0.3) is 11.6 Å². The molecule has 0 saturated carbocycles. The number of ether oxygens (including phenoxy) is 1. The van der Waals surface area contributed by atoms with Crippen molar-refractivity contribution in [1.29, 1.82) is 5.26 Å². The van der Waals surface area contributed by atoms with E-state index in [9.17, 15) is 20.2 Å². The van der Waals surface area contributed by atoms with Crippen molar-refractivity contribution in [2.24, 2.45) is 0 Å². The predicted octanol–water partition coefficient (Wildman–Crippen LogP) is 4.67. The number of nitrogens with one attached hydrogen (secondary N) is 1. The summed E-state index contributed by atoms with van der Waals surface area (Å²) in [5.74, 6) is 0.0351. The number of hydrogen-bond donors (Lipinski definition) is 1. The van der Waals surface area contributed by atoms with Gasteiger partial charge in [0.1, 0.15) is 17.4 Å². The van der Waals surface area contributed by atoms with Gasteiger partial charge in [0.15, 0.2) is 0 Å². The number of nitriles is 1. The van der Waals surface area contributed by atoms with Gasteiger partial charge < -0.3 is 14.6 Å². The highest BCUT2D eigenvalue weighted by molar-refractivity contribution is 6.01. The summed E-state index contributed by atoms with van der Waals surface area (Å²) in [5.41, 5.74) is 3.80. The Hall–Kier alpha value is -4.38. The SMILES string of the molecule is COc1ccc([N+](=O)[O-])cc1-n1c(C)cc(/C=C(/C#N)C(=O)NCCCc2ccccc2)c1C. The van der Waals surface area contributed by atoms with Gasteiger partial charge in [-0.1, -0.05) is 30.3 Å². The molecule has 0 spiro atoms. The average molecular weight is 459 g/mol. The van der Waals surface area contributed by atoms with Crippen LogP contribution in [0.3, 0.4) is 0 Å². The topological polar surface area (TPSA) is 110 Å². The Labute approximate surface area is 198 Å². The maximum absolute atomic E-state index is 12.6. The standard InChI is InChI=1S/C26H26N4O4/c1-18-14-21(19(2)29(18)24-16-23(30(32)33)11-12-25(24)34-3)15-22(17-27)26(31)28-13-7-10-20-8-5-4-6-9-20/h4-6,8-9,11-12,14-16H,7,10,13H2,1-3H3,(H,28,31)/b22-15-. The smallest absolute Gasteiger partial charge is 0.271 e. The van der Waals surface area contributed by atoms with Crippen molar-refractivity contribution in [2.45, 2.75) is 26.7 Å². The molecule has 3 rings (SSSR count). The summed E-state index contributed by atoms with van der Waals surface area (Å²) in [4.78, 5) is 23.4. The molecule has 0 bridgehead atoms. The number of carbonyl (C=O) groups is 1. The molecule has 3 aromatic rings. The van der Waals surface area contributed by atoms with Crippen molar-refractivity contribution in [3.05, 3.63) is 92.8 Å². The molecule has 1 heterocycles. The van der Waals surface area contributed by atoms with Crippen molar-refractivity contribution in [3.63, 3.8) is 0 Å². The van der Waals surface area contributed by atoms with E-state index in [1.165, 1.54) is 30.9 Å². The summed E-state index contributed by atoms with van der Waals surface area (Å²) < 4.78 is 7.22. The molecule has 0 atom stereocenters. The number of nitrogens with zero attached hydrogens (tertiary/aromatic N) is 3. The Morgan fingerprint density at radius 2 is 1.94 bits per heavy atom. The predicted molar refractivity (Wildman–Crippen MR) is 130 cm³/mol. The Morgan fingerprint density at radius 3 is 2.59 bits per heavy atom. The van der Waals surface area contributed by atoms with Gasteiger partial charge in [0.05, 0.1) is 17.7 Å². The maximum atomic E-state index is 12.6. The molecule has 8 nitrogen and oxygen atoms in total. The van der Waals surface area contributed by atoms with E-state index >= 15 is 0 Å². The van der Waals surface area contributed by atoms with E-state index in [1.54, 1.807) is 6.07 Å². The minimum Gasteiger partial charge on any atom is -0.495 e. The van der Waals surface area contributed by atoms with Crippen LogP contribution in [0.2, 0.25) is 0 Å². The van der Waals surface area contributed by atoms with Crippen LogP contribution < -0.4 is 10.1 Å². The number of carbonyl (C=O) groups excluding carboxylic acids is 1. The minimum absolute atomic E-state index is 0.00836. The van der Waals surface area contributed by atoms with E-state index in [2.05, 4.69) is 5.32 Å². The highest BCUT2D eigenvalue weighted by Crippen LogP contribution is 2.32. The van der Waals surface area contributed by atoms with Crippen molar-refractivity contribution < 1.29 is 14.5 Å². The van der Waals surface area contributed by atoms with E-state index in [1.807, 2.05) is 60.9 Å². The summed E-state index contributed by atoms with van der Waals surface area (Å²) in [6.07, 6.45) is 3.13. The number of benzene rings is 2. The molecule has 8 heteroatoms. The molecule has 34 heavy (non-hydrogen) atoms. The highest BCUT2D eigenvalue weighted by Gasteiger charge is 2.18. The van der Waals surface area contributed by atoms with Crippen LogP contribution in [0.1, 0.15) is 28.9 Å². The second-order valence-corrected chi connectivity index (χ2v) is 7.79. The highest BCUT2D eigenvalue weighted by atomic mass is 16.6. The molecule has 0 radical (unpaired) electrons. The lowest BCUT2D eigenvalue weighted by Crippen LogP contribution is -2.25. The molecule has 2 aromatic carbocycles. The van der Waals surface area contributed by atoms with Gasteiger partial charge in [-0.15, -0.1) is 0 Å². The molecular weight excluding hydrogens is 432 g/mol. The first-order valence-electron chi connectivity index (χ1n) is 10.8. The number of methoxy groups -OCH3 is 1. The molecule has 0 unspecified atom stereocenters. The number of amides is 1. The van der Waals surface area contributed by atoms with Crippen LogP contribution in [0.15, 0.2) is 60.2 Å². The van der Waals surface area contributed by atoms with E-state index < -0.39 is 10.8 Å². The number of non-ortho nitro benzene ring substituents is 1. The summed E-state index contributed by atoms with van der Waals surface area (Å²) in [7, 11) is 1.50. The fourth-order valence-corrected chi connectivity index (χ4v) is 3.81. The Morgan fingerprint density at radius 1 is 1.21 bits per heavy atom. The zero-order valence-corrected chi connectivity index (χ0v) is 19.4. The fraction of sp³-hybridized carbons (Fsp3) is 0.231. The zero-order chi connectivity index (χ0) is 24.7. The number of nitro groups is 1. The van der Waals surface area contributed by atoms with Crippen LogP contribution >= 0.6 is 0 Å². The van der Waals surface area contributed by atoms with Gasteiger partial charge in [-0.2, -0.15) is 5.26 Å². The number of aromatic nitrogens is 1. The van der Waals surface area contributed by atoms with Crippen LogP contribution in [-0.4, -0.2) is 29.1 Å². The van der Waals surface area contributed by atoms with Crippen molar-refractivity contribution in [3.8, 4) is 17.5 Å². The molecule has 0 fully saturated rings. The lowest BCUT2D eigenvalue weighted by atomic mass is 10.1. The molecule has 1 N–H and O–H groups in total. The van der Waals surface area contributed by atoms with Crippen LogP contribution in [0.25, 0.3) is 11.8 Å². The summed E-state index contributed by atoms with van der Waals surface area (Å²) in [6, 6.07) is 18.2. The van der Waals surface area contributed by atoms with Crippen LogP contribution in [0.4, 0.5) is 5.69 Å². The molecule has 174 valence electrons. The maximum Gasteiger partial charge on any atom is 0.271 e. The third-order valence-electron chi connectivity index (χ3n) is 5.52. The molecule has 0 aliphatic rings. The molecule has 0 aliphatic carbocycles. The van der Waals surface area contributed by atoms with Crippen molar-refractivity contribution in [2.75, 3.05) is 13.7 Å². The van der Waals surface area contributed by atoms with Crippen molar-refractivity contribution in [1.82, 2.24) is 9.88 Å².